The molecule has 0 radical (unpaired) electrons. The van der Waals surface area contributed by atoms with E-state index in [1.807, 2.05) is 28.7 Å². The Morgan fingerprint density at radius 1 is 1.56 bits per heavy atom. The number of hydrogen-bond donors (Lipinski definition) is 1. The fraction of sp³-hybridized carbons (Fsp3) is 0.538. The lowest BCUT2D eigenvalue weighted by Gasteiger charge is -2.18. The number of hydrogen-bond acceptors (Lipinski definition) is 3. The molecule has 1 fully saturated rings. The number of anilines is 1. The van der Waals surface area contributed by atoms with Crippen molar-refractivity contribution in [3.05, 3.63) is 31.9 Å². The summed E-state index contributed by atoms with van der Waals surface area (Å²) in [6.07, 6.45) is 5.01. The third-order valence-electron chi connectivity index (χ3n) is 3.32. The van der Waals surface area contributed by atoms with Crippen LogP contribution >= 0.6 is 22.6 Å². The molecule has 4 nitrogen and oxygen atoms in total. The third-order valence-corrected chi connectivity index (χ3v) is 4.19. The number of nitrogens with one attached hydrogen (secondary N) is 1. The summed E-state index contributed by atoms with van der Waals surface area (Å²) in [6, 6.07) is 5.72. The fourth-order valence-corrected chi connectivity index (χ4v) is 2.78. The van der Waals surface area contributed by atoms with Gasteiger partial charge in [0, 0.05) is 17.8 Å². The summed E-state index contributed by atoms with van der Waals surface area (Å²) in [5.41, 5.74) is 1.16. The molecule has 0 aliphatic heterocycles. The van der Waals surface area contributed by atoms with Gasteiger partial charge >= 0.3 is 0 Å². The van der Waals surface area contributed by atoms with Crippen LogP contribution in [0.5, 0.6) is 0 Å². The zero-order valence-electron chi connectivity index (χ0n) is 10.4. The standard InChI is InChI=1S/C13H17IN2O2/c1-2-10(7-9-3-4-9)15-11-5-6-13(16(17)18)12(14)8-11/h5-6,8-10,15H,2-4,7H2,1H3. The molecule has 98 valence electrons. The molecule has 1 aromatic rings. The quantitative estimate of drug-likeness (QED) is 0.470. The normalized spacial score (nSPS) is 16.3. The van der Waals surface area contributed by atoms with E-state index in [9.17, 15) is 10.1 Å². The predicted molar refractivity (Wildman–Crippen MR) is 80.9 cm³/mol. The van der Waals surface area contributed by atoms with Crippen molar-refractivity contribution in [2.24, 2.45) is 5.92 Å². The first-order valence-corrected chi connectivity index (χ1v) is 7.38. The predicted octanol–water partition coefficient (Wildman–Crippen LogP) is 4.19. The van der Waals surface area contributed by atoms with Crippen LogP contribution in [0.15, 0.2) is 18.2 Å². The Labute approximate surface area is 120 Å². The van der Waals surface area contributed by atoms with Crippen LogP contribution in [-0.4, -0.2) is 11.0 Å². The van der Waals surface area contributed by atoms with Crippen molar-refractivity contribution in [1.29, 1.82) is 0 Å². The molecule has 1 aliphatic rings. The highest BCUT2D eigenvalue weighted by Crippen LogP contribution is 2.35. The van der Waals surface area contributed by atoms with Gasteiger partial charge in [-0.25, -0.2) is 0 Å². The smallest absolute Gasteiger partial charge is 0.282 e. The molecule has 0 bridgehead atoms. The Hall–Kier alpha value is -0.850. The average molecular weight is 360 g/mol. The molecule has 0 spiro atoms. The van der Waals surface area contributed by atoms with Gasteiger partial charge in [0.25, 0.3) is 5.69 Å². The summed E-state index contributed by atoms with van der Waals surface area (Å²) in [6.45, 7) is 2.18. The second-order valence-corrected chi connectivity index (χ2v) is 6.01. The molecule has 5 heteroatoms. The van der Waals surface area contributed by atoms with E-state index in [1.54, 1.807) is 12.1 Å². The first-order valence-electron chi connectivity index (χ1n) is 6.30. The number of nitro benzene ring substituents is 1. The van der Waals surface area contributed by atoms with Crippen molar-refractivity contribution < 1.29 is 4.92 Å². The molecule has 2 rings (SSSR count). The Kier molecular flexibility index (Phi) is 4.42. The van der Waals surface area contributed by atoms with Gasteiger partial charge in [0.2, 0.25) is 0 Å². The van der Waals surface area contributed by atoms with Crippen LogP contribution in [0.1, 0.15) is 32.6 Å². The Morgan fingerprint density at radius 2 is 2.28 bits per heavy atom. The highest BCUT2D eigenvalue weighted by Gasteiger charge is 2.24. The Balaban J connectivity index is 2.03. The van der Waals surface area contributed by atoms with E-state index in [0.29, 0.717) is 9.61 Å². The van der Waals surface area contributed by atoms with Crippen molar-refractivity contribution >= 4 is 34.0 Å². The zero-order valence-corrected chi connectivity index (χ0v) is 12.5. The first kappa shape index (κ1) is 13.6. The van der Waals surface area contributed by atoms with Crippen LogP contribution in [0.25, 0.3) is 0 Å². The molecule has 1 saturated carbocycles. The lowest BCUT2D eigenvalue weighted by Crippen LogP contribution is -2.19. The van der Waals surface area contributed by atoms with Gasteiger partial charge < -0.3 is 5.32 Å². The summed E-state index contributed by atoms with van der Waals surface area (Å²) < 4.78 is 0.684. The molecule has 18 heavy (non-hydrogen) atoms. The summed E-state index contributed by atoms with van der Waals surface area (Å²) >= 11 is 2.02. The summed E-state index contributed by atoms with van der Waals surface area (Å²) in [4.78, 5) is 10.4. The average Bonchev–Trinajstić information content (AvgIpc) is 3.11. The van der Waals surface area contributed by atoms with E-state index < -0.39 is 0 Å². The van der Waals surface area contributed by atoms with Gasteiger partial charge in [-0.15, -0.1) is 0 Å². The first-order chi connectivity index (χ1) is 8.60. The van der Waals surface area contributed by atoms with Crippen LogP contribution in [0.3, 0.4) is 0 Å². The van der Waals surface area contributed by atoms with Crippen molar-refractivity contribution in [2.45, 2.75) is 38.6 Å². The number of nitro groups is 1. The molecule has 0 saturated heterocycles. The molecule has 1 aliphatic carbocycles. The largest absolute Gasteiger partial charge is 0.382 e. The van der Waals surface area contributed by atoms with Crippen LogP contribution in [0, 0.1) is 19.6 Å². The van der Waals surface area contributed by atoms with Crippen LogP contribution < -0.4 is 5.32 Å². The maximum Gasteiger partial charge on any atom is 0.282 e. The summed E-state index contributed by atoms with van der Waals surface area (Å²) in [7, 11) is 0. The fourth-order valence-electron chi connectivity index (χ4n) is 2.06. The van der Waals surface area contributed by atoms with Crippen LogP contribution in [0.4, 0.5) is 11.4 Å². The van der Waals surface area contributed by atoms with Gasteiger partial charge in [0.15, 0.2) is 0 Å². The SMILES string of the molecule is CCC(CC1CC1)Nc1ccc([N+](=O)[O-])c(I)c1. The molecular formula is C13H17IN2O2. The van der Waals surface area contributed by atoms with Crippen molar-refractivity contribution in [2.75, 3.05) is 5.32 Å². The molecule has 1 aromatic carbocycles. The van der Waals surface area contributed by atoms with Gasteiger partial charge in [-0.05, 0) is 53.5 Å². The Bertz CT molecular complexity index is 447. The van der Waals surface area contributed by atoms with Crippen molar-refractivity contribution in [3.8, 4) is 0 Å². The topological polar surface area (TPSA) is 55.2 Å². The molecular weight excluding hydrogens is 343 g/mol. The molecule has 1 N–H and O–H groups in total. The number of benzene rings is 1. The number of nitrogens with zero attached hydrogens (tertiary/aromatic N) is 1. The molecule has 0 amide bonds. The zero-order chi connectivity index (χ0) is 13.1. The maximum atomic E-state index is 10.7. The molecule has 1 atom stereocenters. The number of halogens is 1. The minimum absolute atomic E-state index is 0.177. The highest BCUT2D eigenvalue weighted by atomic mass is 127. The molecule has 0 aromatic heterocycles. The molecule has 1 unspecified atom stereocenters. The summed E-state index contributed by atoms with van der Waals surface area (Å²) in [5, 5.41) is 14.2. The van der Waals surface area contributed by atoms with Crippen molar-refractivity contribution in [1.82, 2.24) is 0 Å². The maximum absolute atomic E-state index is 10.7. The van der Waals surface area contributed by atoms with Crippen LogP contribution in [0.2, 0.25) is 0 Å². The van der Waals surface area contributed by atoms with E-state index >= 15 is 0 Å². The second-order valence-electron chi connectivity index (χ2n) is 4.85. The van der Waals surface area contributed by atoms with Crippen molar-refractivity contribution in [3.63, 3.8) is 0 Å². The van der Waals surface area contributed by atoms with E-state index in [1.165, 1.54) is 19.3 Å². The van der Waals surface area contributed by atoms with Gasteiger partial charge in [-0.3, -0.25) is 10.1 Å². The third kappa shape index (κ3) is 3.57. The highest BCUT2D eigenvalue weighted by molar-refractivity contribution is 14.1. The lowest BCUT2D eigenvalue weighted by atomic mass is 10.1. The second kappa shape index (κ2) is 5.86. The minimum atomic E-state index is -0.340. The van der Waals surface area contributed by atoms with Gasteiger partial charge in [0.1, 0.15) is 0 Å². The van der Waals surface area contributed by atoms with Gasteiger partial charge in [-0.2, -0.15) is 0 Å². The Morgan fingerprint density at radius 3 is 2.78 bits per heavy atom. The van der Waals surface area contributed by atoms with E-state index in [-0.39, 0.29) is 10.6 Å². The minimum Gasteiger partial charge on any atom is -0.382 e. The van der Waals surface area contributed by atoms with E-state index in [2.05, 4.69) is 12.2 Å². The number of rotatable bonds is 6. The lowest BCUT2D eigenvalue weighted by molar-refractivity contribution is -0.385. The van der Waals surface area contributed by atoms with E-state index in [4.69, 9.17) is 0 Å². The van der Waals surface area contributed by atoms with Gasteiger partial charge in [-0.1, -0.05) is 19.8 Å². The summed E-state index contributed by atoms with van der Waals surface area (Å²) in [5.74, 6) is 0.888. The monoisotopic (exact) mass is 360 g/mol. The molecule has 0 heterocycles. The van der Waals surface area contributed by atoms with Gasteiger partial charge in [0.05, 0.1) is 8.49 Å². The van der Waals surface area contributed by atoms with E-state index in [0.717, 1.165) is 18.0 Å². The van der Waals surface area contributed by atoms with Crippen LogP contribution in [-0.2, 0) is 0 Å².